The average molecular weight is 280 g/mol. The van der Waals surface area contributed by atoms with Crippen LogP contribution in [0.3, 0.4) is 0 Å². The highest BCUT2D eigenvalue weighted by Crippen LogP contribution is 2.31. The van der Waals surface area contributed by atoms with Crippen molar-refractivity contribution in [2.75, 3.05) is 6.54 Å². The van der Waals surface area contributed by atoms with Gasteiger partial charge < -0.3 is 20.2 Å². The normalized spacial score (nSPS) is 19.5. The third-order valence-corrected chi connectivity index (χ3v) is 3.95. The number of amides is 1. The lowest BCUT2D eigenvalue weighted by atomic mass is 9.84. The number of furan rings is 1. The maximum absolute atomic E-state index is 12.1. The van der Waals surface area contributed by atoms with Gasteiger partial charge in [0, 0.05) is 6.54 Å². The van der Waals surface area contributed by atoms with Crippen LogP contribution in [0.1, 0.15) is 44.8 Å². The fourth-order valence-electron chi connectivity index (χ4n) is 2.73. The van der Waals surface area contributed by atoms with E-state index in [1.807, 2.05) is 6.07 Å². The molecule has 0 radical (unpaired) electrons. The van der Waals surface area contributed by atoms with Crippen molar-refractivity contribution in [1.82, 2.24) is 5.32 Å². The van der Waals surface area contributed by atoms with Crippen molar-refractivity contribution in [1.29, 1.82) is 0 Å². The van der Waals surface area contributed by atoms with Crippen LogP contribution < -0.4 is 11.1 Å². The molecule has 112 valence electrons. The summed E-state index contributed by atoms with van der Waals surface area (Å²) in [5.74, 6) is 0.608. The number of ether oxygens (including phenoxy) is 1. The molecule has 1 saturated carbocycles. The smallest absolute Gasteiger partial charge is 0.249 e. The van der Waals surface area contributed by atoms with Gasteiger partial charge in [-0.2, -0.15) is 0 Å². The maximum atomic E-state index is 12.1. The molecule has 5 nitrogen and oxygen atoms in total. The number of rotatable bonds is 6. The number of carbonyl (C=O) groups is 1. The van der Waals surface area contributed by atoms with E-state index in [4.69, 9.17) is 14.9 Å². The molecule has 1 aromatic heterocycles. The summed E-state index contributed by atoms with van der Waals surface area (Å²) in [5, 5.41) is 2.82. The summed E-state index contributed by atoms with van der Waals surface area (Å²) in [5.41, 5.74) is 5.55. The molecule has 0 bridgehead atoms. The lowest BCUT2D eigenvalue weighted by Gasteiger charge is -2.38. The van der Waals surface area contributed by atoms with Gasteiger partial charge in [0.2, 0.25) is 5.91 Å². The summed E-state index contributed by atoms with van der Waals surface area (Å²) < 4.78 is 11.2. The van der Waals surface area contributed by atoms with Crippen LogP contribution in [0.25, 0.3) is 0 Å². The standard InChI is InChI=1S/C15H24N2O3/c1-12(14(18)17-10-13-6-5-9-19-13)20-15(11-16)7-3-2-4-8-15/h5-6,9,12H,2-4,7-8,10-11,16H2,1H3,(H,17,18). The molecule has 20 heavy (non-hydrogen) atoms. The first-order valence-corrected chi connectivity index (χ1v) is 7.33. The van der Waals surface area contributed by atoms with Gasteiger partial charge in [-0.1, -0.05) is 19.3 Å². The average Bonchev–Trinajstić information content (AvgIpc) is 2.99. The van der Waals surface area contributed by atoms with Gasteiger partial charge in [-0.3, -0.25) is 4.79 Å². The molecule has 1 fully saturated rings. The molecule has 1 atom stereocenters. The number of carbonyl (C=O) groups excluding carboxylic acids is 1. The second-order valence-corrected chi connectivity index (χ2v) is 5.51. The third kappa shape index (κ3) is 3.84. The first kappa shape index (κ1) is 15.1. The van der Waals surface area contributed by atoms with Crippen molar-refractivity contribution in [3.8, 4) is 0 Å². The van der Waals surface area contributed by atoms with Gasteiger partial charge in [-0.25, -0.2) is 0 Å². The van der Waals surface area contributed by atoms with Crippen molar-refractivity contribution in [2.45, 2.75) is 57.3 Å². The summed E-state index contributed by atoms with van der Waals surface area (Å²) in [4.78, 5) is 12.1. The Morgan fingerprint density at radius 2 is 2.25 bits per heavy atom. The molecular weight excluding hydrogens is 256 g/mol. The van der Waals surface area contributed by atoms with E-state index >= 15 is 0 Å². The molecule has 0 saturated heterocycles. The first-order valence-electron chi connectivity index (χ1n) is 7.33. The Hall–Kier alpha value is -1.33. The number of hydrogen-bond donors (Lipinski definition) is 2. The number of nitrogens with two attached hydrogens (primary N) is 1. The molecule has 0 aromatic carbocycles. The van der Waals surface area contributed by atoms with Crippen molar-refractivity contribution >= 4 is 5.91 Å². The third-order valence-electron chi connectivity index (χ3n) is 3.95. The predicted molar refractivity (Wildman–Crippen MR) is 76.0 cm³/mol. The Kier molecular flexibility index (Phi) is 5.20. The second-order valence-electron chi connectivity index (χ2n) is 5.51. The SMILES string of the molecule is CC(OC1(CN)CCCCC1)C(=O)NCc1ccco1. The summed E-state index contributed by atoms with van der Waals surface area (Å²) in [6.07, 6.45) is 6.46. The minimum absolute atomic E-state index is 0.125. The monoisotopic (exact) mass is 280 g/mol. The van der Waals surface area contributed by atoms with Crippen molar-refractivity contribution in [2.24, 2.45) is 5.73 Å². The van der Waals surface area contributed by atoms with Crippen molar-refractivity contribution in [3.05, 3.63) is 24.2 Å². The largest absolute Gasteiger partial charge is 0.467 e. The molecule has 1 aliphatic rings. The summed E-state index contributed by atoms with van der Waals surface area (Å²) in [6, 6.07) is 3.63. The highest BCUT2D eigenvalue weighted by Gasteiger charge is 2.34. The van der Waals surface area contributed by atoms with E-state index in [9.17, 15) is 4.79 Å². The van der Waals surface area contributed by atoms with Crippen LogP contribution in [0.5, 0.6) is 0 Å². The second kappa shape index (κ2) is 6.90. The van der Waals surface area contributed by atoms with Gasteiger partial charge >= 0.3 is 0 Å². The van der Waals surface area contributed by atoms with Crippen LogP contribution in [0, 0.1) is 0 Å². The van der Waals surface area contributed by atoms with E-state index < -0.39 is 6.10 Å². The first-order chi connectivity index (χ1) is 9.65. The van der Waals surface area contributed by atoms with E-state index in [-0.39, 0.29) is 11.5 Å². The fraction of sp³-hybridized carbons (Fsp3) is 0.667. The van der Waals surface area contributed by atoms with E-state index in [0.717, 1.165) is 31.4 Å². The van der Waals surface area contributed by atoms with Gasteiger partial charge in [0.05, 0.1) is 18.4 Å². The minimum atomic E-state index is -0.494. The van der Waals surface area contributed by atoms with E-state index in [0.29, 0.717) is 13.1 Å². The van der Waals surface area contributed by atoms with Crippen LogP contribution in [-0.4, -0.2) is 24.2 Å². The van der Waals surface area contributed by atoms with Crippen LogP contribution in [0.4, 0.5) is 0 Å². The highest BCUT2D eigenvalue weighted by atomic mass is 16.5. The summed E-state index contributed by atoms with van der Waals surface area (Å²) >= 11 is 0. The summed E-state index contributed by atoms with van der Waals surface area (Å²) in [6.45, 7) is 2.64. The van der Waals surface area contributed by atoms with Gasteiger partial charge in [-0.15, -0.1) is 0 Å². The molecule has 5 heteroatoms. The number of hydrogen-bond acceptors (Lipinski definition) is 4. The molecule has 1 heterocycles. The van der Waals surface area contributed by atoms with Gasteiger partial charge in [0.1, 0.15) is 11.9 Å². The van der Waals surface area contributed by atoms with Gasteiger partial charge in [0.25, 0.3) is 0 Å². The van der Waals surface area contributed by atoms with Gasteiger partial charge in [0.15, 0.2) is 0 Å². The molecule has 1 amide bonds. The lowest BCUT2D eigenvalue weighted by Crippen LogP contribution is -2.48. The quantitative estimate of drug-likeness (QED) is 0.835. The Bertz CT molecular complexity index is 411. The molecule has 1 aliphatic carbocycles. The molecule has 3 N–H and O–H groups in total. The molecule has 0 aliphatic heterocycles. The van der Waals surface area contributed by atoms with Crippen LogP contribution in [0.15, 0.2) is 22.8 Å². The van der Waals surface area contributed by atoms with Crippen molar-refractivity contribution in [3.63, 3.8) is 0 Å². The lowest BCUT2D eigenvalue weighted by molar-refractivity contribution is -0.149. The van der Waals surface area contributed by atoms with E-state index in [2.05, 4.69) is 5.32 Å². The summed E-state index contributed by atoms with van der Waals surface area (Å²) in [7, 11) is 0. The van der Waals surface area contributed by atoms with Crippen LogP contribution in [-0.2, 0) is 16.1 Å². The predicted octanol–water partition coefficient (Wildman–Crippen LogP) is 1.96. The maximum Gasteiger partial charge on any atom is 0.249 e. The fourth-order valence-corrected chi connectivity index (χ4v) is 2.73. The highest BCUT2D eigenvalue weighted by molar-refractivity contribution is 5.80. The molecular formula is C15H24N2O3. The molecule has 2 rings (SSSR count). The minimum Gasteiger partial charge on any atom is -0.467 e. The van der Waals surface area contributed by atoms with Crippen LogP contribution >= 0.6 is 0 Å². The van der Waals surface area contributed by atoms with E-state index in [1.54, 1.807) is 19.3 Å². The van der Waals surface area contributed by atoms with Crippen LogP contribution in [0.2, 0.25) is 0 Å². The van der Waals surface area contributed by atoms with Gasteiger partial charge in [-0.05, 0) is 31.9 Å². The molecule has 0 spiro atoms. The Morgan fingerprint density at radius 3 is 2.85 bits per heavy atom. The topological polar surface area (TPSA) is 77.5 Å². The Balaban J connectivity index is 1.83. The zero-order valence-corrected chi connectivity index (χ0v) is 12.1. The zero-order valence-electron chi connectivity index (χ0n) is 12.1. The Labute approximate surface area is 119 Å². The molecule has 1 aromatic rings. The zero-order chi connectivity index (χ0) is 14.4. The van der Waals surface area contributed by atoms with Crippen molar-refractivity contribution < 1.29 is 13.9 Å². The Morgan fingerprint density at radius 1 is 1.50 bits per heavy atom. The molecule has 1 unspecified atom stereocenters. The number of nitrogens with one attached hydrogen (secondary N) is 1. The van der Waals surface area contributed by atoms with E-state index in [1.165, 1.54) is 6.42 Å².